The first-order chi connectivity index (χ1) is 9.81. The Morgan fingerprint density at radius 2 is 1.90 bits per heavy atom. The summed E-state index contributed by atoms with van der Waals surface area (Å²) in [6, 6.07) is 12.4. The van der Waals surface area contributed by atoms with Crippen LogP contribution >= 0.6 is 11.3 Å². The lowest BCUT2D eigenvalue weighted by molar-refractivity contribution is 1.32. The molecule has 98 valence electrons. The number of pyridine rings is 1. The van der Waals surface area contributed by atoms with Gasteiger partial charge in [-0.25, -0.2) is 4.98 Å². The standard InChI is InChI=1S/C17H14N2S/c1-13-4-7-15(8-5-13)16-12-20-17(19-16)9-6-14-3-2-10-18-11-14/h2-12H,1H3. The predicted molar refractivity (Wildman–Crippen MR) is 85.5 cm³/mol. The second-order valence-corrected chi connectivity index (χ2v) is 5.45. The van der Waals surface area contributed by atoms with Crippen LogP contribution in [-0.4, -0.2) is 9.97 Å². The van der Waals surface area contributed by atoms with Crippen molar-refractivity contribution in [1.29, 1.82) is 0 Å². The fraction of sp³-hybridized carbons (Fsp3) is 0.0588. The van der Waals surface area contributed by atoms with Crippen molar-refractivity contribution in [3.05, 3.63) is 70.3 Å². The van der Waals surface area contributed by atoms with Gasteiger partial charge in [-0.1, -0.05) is 42.0 Å². The third-order valence-electron chi connectivity index (χ3n) is 2.97. The zero-order valence-electron chi connectivity index (χ0n) is 11.2. The van der Waals surface area contributed by atoms with Crippen LogP contribution in [0.5, 0.6) is 0 Å². The Morgan fingerprint density at radius 3 is 2.65 bits per heavy atom. The highest BCUT2D eigenvalue weighted by Gasteiger charge is 2.02. The molecule has 2 heterocycles. The molecule has 0 fully saturated rings. The van der Waals surface area contributed by atoms with E-state index in [0.717, 1.165) is 21.8 Å². The molecule has 0 bridgehead atoms. The molecule has 3 heteroatoms. The Balaban J connectivity index is 1.80. The SMILES string of the molecule is Cc1ccc(-c2csc(C=Cc3cccnc3)n2)cc1. The van der Waals surface area contributed by atoms with E-state index in [4.69, 9.17) is 0 Å². The second kappa shape index (κ2) is 5.80. The fourth-order valence-electron chi connectivity index (χ4n) is 1.86. The number of aryl methyl sites for hydroxylation is 1. The summed E-state index contributed by atoms with van der Waals surface area (Å²) in [5, 5.41) is 3.09. The van der Waals surface area contributed by atoms with Crippen molar-refractivity contribution in [3.63, 3.8) is 0 Å². The number of nitrogens with zero attached hydrogens (tertiary/aromatic N) is 2. The van der Waals surface area contributed by atoms with E-state index >= 15 is 0 Å². The van der Waals surface area contributed by atoms with E-state index in [-0.39, 0.29) is 0 Å². The average molecular weight is 278 g/mol. The van der Waals surface area contributed by atoms with E-state index in [9.17, 15) is 0 Å². The van der Waals surface area contributed by atoms with Gasteiger partial charge in [-0.3, -0.25) is 4.98 Å². The van der Waals surface area contributed by atoms with E-state index in [2.05, 4.69) is 46.5 Å². The van der Waals surface area contributed by atoms with Gasteiger partial charge >= 0.3 is 0 Å². The second-order valence-electron chi connectivity index (χ2n) is 4.56. The van der Waals surface area contributed by atoms with Crippen molar-refractivity contribution in [2.45, 2.75) is 6.92 Å². The zero-order chi connectivity index (χ0) is 13.8. The van der Waals surface area contributed by atoms with Gasteiger partial charge in [-0.05, 0) is 24.6 Å². The first-order valence-electron chi connectivity index (χ1n) is 6.42. The Bertz CT molecular complexity index is 712. The lowest BCUT2D eigenvalue weighted by Gasteiger charge is -1.96. The number of benzene rings is 1. The lowest BCUT2D eigenvalue weighted by atomic mass is 10.1. The van der Waals surface area contributed by atoms with Crippen LogP contribution in [0.15, 0.2) is 54.2 Å². The maximum absolute atomic E-state index is 4.64. The number of aromatic nitrogens is 2. The molecule has 0 atom stereocenters. The molecule has 2 aromatic heterocycles. The molecule has 0 saturated carbocycles. The van der Waals surface area contributed by atoms with Gasteiger partial charge < -0.3 is 0 Å². The molecule has 2 nitrogen and oxygen atoms in total. The molecule has 20 heavy (non-hydrogen) atoms. The molecular formula is C17H14N2S. The molecule has 0 N–H and O–H groups in total. The van der Waals surface area contributed by atoms with Crippen LogP contribution in [-0.2, 0) is 0 Å². The van der Waals surface area contributed by atoms with Crippen molar-refractivity contribution >= 4 is 23.5 Å². The van der Waals surface area contributed by atoms with Crippen molar-refractivity contribution in [2.24, 2.45) is 0 Å². The van der Waals surface area contributed by atoms with Gasteiger partial charge in [0.25, 0.3) is 0 Å². The lowest BCUT2D eigenvalue weighted by Crippen LogP contribution is -1.79. The molecule has 0 spiro atoms. The van der Waals surface area contributed by atoms with Crippen LogP contribution in [0.4, 0.5) is 0 Å². The number of hydrogen-bond donors (Lipinski definition) is 0. The van der Waals surface area contributed by atoms with E-state index in [0.29, 0.717) is 0 Å². The zero-order valence-corrected chi connectivity index (χ0v) is 12.0. The molecule has 0 saturated heterocycles. The Morgan fingerprint density at radius 1 is 1.05 bits per heavy atom. The third-order valence-corrected chi connectivity index (χ3v) is 3.78. The smallest absolute Gasteiger partial charge is 0.116 e. The average Bonchev–Trinajstić information content (AvgIpc) is 2.96. The van der Waals surface area contributed by atoms with E-state index in [1.54, 1.807) is 17.5 Å². The minimum Gasteiger partial charge on any atom is -0.264 e. The van der Waals surface area contributed by atoms with Crippen molar-refractivity contribution in [3.8, 4) is 11.3 Å². The van der Waals surface area contributed by atoms with Crippen molar-refractivity contribution < 1.29 is 0 Å². The van der Waals surface area contributed by atoms with Crippen molar-refractivity contribution in [2.75, 3.05) is 0 Å². The Labute approximate surface area is 122 Å². The van der Waals surface area contributed by atoms with Gasteiger partial charge in [0.15, 0.2) is 0 Å². The minimum atomic E-state index is 1.00. The molecule has 0 unspecified atom stereocenters. The van der Waals surface area contributed by atoms with Crippen LogP contribution in [0.1, 0.15) is 16.1 Å². The molecule has 3 aromatic rings. The van der Waals surface area contributed by atoms with Gasteiger partial charge in [0, 0.05) is 23.3 Å². The highest BCUT2D eigenvalue weighted by Crippen LogP contribution is 2.23. The van der Waals surface area contributed by atoms with Crippen LogP contribution in [0.2, 0.25) is 0 Å². The highest BCUT2D eigenvalue weighted by atomic mass is 32.1. The van der Waals surface area contributed by atoms with Crippen LogP contribution in [0.25, 0.3) is 23.4 Å². The summed E-state index contributed by atoms with van der Waals surface area (Å²) >= 11 is 1.65. The van der Waals surface area contributed by atoms with Crippen LogP contribution in [0, 0.1) is 6.92 Å². The predicted octanol–water partition coefficient (Wildman–Crippen LogP) is 4.68. The summed E-state index contributed by atoms with van der Waals surface area (Å²) in [4.78, 5) is 8.73. The number of rotatable bonds is 3. The van der Waals surface area contributed by atoms with Crippen molar-refractivity contribution in [1.82, 2.24) is 9.97 Å². The van der Waals surface area contributed by atoms with Gasteiger partial charge in [0.2, 0.25) is 0 Å². The quantitative estimate of drug-likeness (QED) is 0.695. The summed E-state index contributed by atoms with van der Waals surface area (Å²) < 4.78 is 0. The first-order valence-corrected chi connectivity index (χ1v) is 7.30. The van der Waals surface area contributed by atoms with Gasteiger partial charge in [0.1, 0.15) is 5.01 Å². The van der Waals surface area contributed by atoms with E-state index in [1.807, 2.05) is 30.5 Å². The normalized spacial score (nSPS) is 11.1. The Kier molecular flexibility index (Phi) is 3.70. The topological polar surface area (TPSA) is 25.8 Å². The summed E-state index contributed by atoms with van der Waals surface area (Å²) in [6.45, 7) is 2.09. The largest absolute Gasteiger partial charge is 0.264 e. The highest BCUT2D eigenvalue weighted by molar-refractivity contribution is 7.10. The summed E-state index contributed by atoms with van der Waals surface area (Å²) in [7, 11) is 0. The summed E-state index contributed by atoms with van der Waals surface area (Å²) in [5.41, 5.74) is 4.54. The molecule has 0 aliphatic heterocycles. The fourth-order valence-corrected chi connectivity index (χ4v) is 2.58. The first kappa shape index (κ1) is 12.8. The third kappa shape index (κ3) is 3.00. The molecule has 3 rings (SSSR count). The summed E-state index contributed by atoms with van der Waals surface area (Å²) in [6.07, 6.45) is 7.67. The van der Waals surface area contributed by atoms with Gasteiger partial charge in [-0.2, -0.15) is 0 Å². The van der Waals surface area contributed by atoms with E-state index in [1.165, 1.54) is 5.56 Å². The molecule has 0 aliphatic rings. The maximum atomic E-state index is 4.64. The maximum Gasteiger partial charge on any atom is 0.116 e. The van der Waals surface area contributed by atoms with Gasteiger partial charge in [0.05, 0.1) is 5.69 Å². The Hall–Kier alpha value is -2.26. The number of hydrogen-bond acceptors (Lipinski definition) is 3. The van der Waals surface area contributed by atoms with Crippen LogP contribution < -0.4 is 0 Å². The molecule has 0 amide bonds. The molecule has 0 radical (unpaired) electrons. The molecule has 0 aliphatic carbocycles. The molecular weight excluding hydrogens is 264 g/mol. The minimum absolute atomic E-state index is 1.00. The van der Waals surface area contributed by atoms with Crippen LogP contribution in [0.3, 0.4) is 0 Å². The van der Waals surface area contributed by atoms with E-state index < -0.39 is 0 Å². The molecule has 1 aromatic carbocycles. The summed E-state index contributed by atoms with van der Waals surface area (Å²) in [5.74, 6) is 0. The monoisotopic (exact) mass is 278 g/mol. The van der Waals surface area contributed by atoms with Gasteiger partial charge in [-0.15, -0.1) is 11.3 Å². The number of thiazole rings is 1.